The Balaban J connectivity index is 2.87. The van der Waals surface area contributed by atoms with Crippen LogP contribution in [0.15, 0.2) is 18.2 Å². The van der Waals surface area contributed by atoms with Gasteiger partial charge in [0.2, 0.25) is 0 Å². The largest absolute Gasteiger partial charge is 0.506 e. The predicted molar refractivity (Wildman–Crippen MR) is 75.2 cm³/mol. The summed E-state index contributed by atoms with van der Waals surface area (Å²) in [5, 5.41) is 30.4. The van der Waals surface area contributed by atoms with Crippen LogP contribution in [0.25, 0.3) is 0 Å². The molecule has 116 valence electrons. The number of aromatic hydroxyl groups is 1. The van der Waals surface area contributed by atoms with Crippen LogP contribution in [0.3, 0.4) is 0 Å². The van der Waals surface area contributed by atoms with Gasteiger partial charge in [-0.15, -0.1) is 0 Å². The van der Waals surface area contributed by atoms with Crippen LogP contribution in [-0.2, 0) is 9.53 Å². The summed E-state index contributed by atoms with van der Waals surface area (Å²) in [6.45, 7) is 5.08. The minimum atomic E-state index is -1.23. The van der Waals surface area contributed by atoms with Gasteiger partial charge in [0, 0.05) is 0 Å². The van der Waals surface area contributed by atoms with E-state index >= 15 is 0 Å². The van der Waals surface area contributed by atoms with Crippen LogP contribution in [0.2, 0.25) is 0 Å². The number of aliphatic carboxylic acids is 1. The lowest BCUT2D eigenvalue weighted by atomic mass is 10.1. The molecule has 21 heavy (non-hydrogen) atoms. The molecular formula is C14H19NO6. The van der Waals surface area contributed by atoms with Crippen LogP contribution in [0.4, 0.5) is 10.5 Å². The zero-order valence-corrected chi connectivity index (χ0v) is 12.1. The molecule has 0 spiro atoms. The summed E-state index contributed by atoms with van der Waals surface area (Å²) in [5.41, 5.74) is -0.396. The van der Waals surface area contributed by atoms with Crippen LogP contribution in [-0.4, -0.2) is 33.0 Å². The number of carbonyl (C=O) groups is 2. The lowest BCUT2D eigenvalue weighted by molar-refractivity contribution is -0.139. The van der Waals surface area contributed by atoms with Crippen LogP contribution in [0.1, 0.15) is 38.9 Å². The number of aliphatic hydroxyl groups excluding tert-OH is 1. The van der Waals surface area contributed by atoms with E-state index in [4.69, 9.17) is 9.84 Å². The standard InChI is InChI=1S/C14H19NO6/c1-14(2,3)21-13(20)15-9-6-8(4-5-10(9)16)11(17)7-12(18)19/h4-6,11,16-17H,7H2,1-3H3,(H,15,20)(H,18,19). The number of carboxylic acid groups (broad SMARTS) is 1. The highest BCUT2D eigenvalue weighted by Crippen LogP contribution is 2.28. The molecular weight excluding hydrogens is 278 g/mol. The van der Waals surface area contributed by atoms with Gasteiger partial charge in [0.1, 0.15) is 11.4 Å². The third-order valence-electron chi connectivity index (χ3n) is 2.41. The molecule has 0 aliphatic heterocycles. The summed E-state index contributed by atoms with van der Waals surface area (Å²) in [6.07, 6.45) is -2.47. The Bertz CT molecular complexity index is 535. The molecule has 1 amide bonds. The molecule has 0 heterocycles. The third kappa shape index (κ3) is 5.70. The number of hydrogen-bond acceptors (Lipinski definition) is 5. The Labute approximate surface area is 122 Å². The van der Waals surface area contributed by atoms with Crippen molar-refractivity contribution in [1.29, 1.82) is 0 Å². The highest BCUT2D eigenvalue weighted by molar-refractivity contribution is 5.87. The zero-order chi connectivity index (χ0) is 16.2. The van der Waals surface area contributed by atoms with Gasteiger partial charge in [-0.25, -0.2) is 4.79 Å². The first-order valence-electron chi connectivity index (χ1n) is 6.31. The predicted octanol–water partition coefficient (Wildman–Crippen LogP) is 2.25. The van der Waals surface area contributed by atoms with Crippen molar-refractivity contribution in [3.05, 3.63) is 23.8 Å². The van der Waals surface area contributed by atoms with E-state index in [0.29, 0.717) is 0 Å². The Morgan fingerprint density at radius 3 is 2.48 bits per heavy atom. The first kappa shape index (κ1) is 16.8. The number of carboxylic acids is 1. The molecule has 1 atom stereocenters. The molecule has 0 saturated carbocycles. The van der Waals surface area contributed by atoms with Crippen molar-refractivity contribution in [2.45, 2.75) is 38.9 Å². The molecule has 1 unspecified atom stereocenters. The van der Waals surface area contributed by atoms with E-state index in [-0.39, 0.29) is 17.0 Å². The Morgan fingerprint density at radius 1 is 1.33 bits per heavy atom. The van der Waals surface area contributed by atoms with Crippen molar-refractivity contribution >= 4 is 17.7 Å². The first-order chi connectivity index (χ1) is 9.58. The minimum absolute atomic E-state index is 0.0335. The second-order valence-corrected chi connectivity index (χ2v) is 5.52. The van der Waals surface area contributed by atoms with E-state index in [1.54, 1.807) is 20.8 Å². The fourth-order valence-corrected chi connectivity index (χ4v) is 1.56. The van der Waals surface area contributed by atoms with Gasteiger partial charge in [0.15, 0.2) is 0 Å². The summed E-state index contributed by atoms with van der Waals surface area (Å²) in [5.74, 6) is -1.37. The molecule has 4 N–H and O–H groups in total. The quantitative estimate of drug-likeness (QED) is 0.633. The lowest BCUT2D eigenvalue weighted by Gasteiger charge is -2.20. The summed E-state index contributed by atoms with van der Waals surface area (Å²) >= 11 is 0. The molecule has 7 heteroatoms. The SMILES string of the molecule is CC(C)(C)OC(=O)Nc1cc(C(O)CC(=O)O)ccc1O. The van der Waals surface area contributed by atoms with Gasteiger partial charge in [-0.05, 0) is 38.5 Å². The number of nitrogens with one attached hydrogen (secondary N) is 1. The van der Waals surface area contributed by atoms with Crippen molar-refractivity contribution in [1.82, 2.24) is 0 Å². The molecule has 0 aromatic heterocycles. The number of carbonyl (C=O) groups excluding carboxylic acids is 1. The molecule has 0 bridgehead atoms. The fraction of sp³-hybridized carbons (Fsp3) is 0.429. The van der Waals surface area contributed by atoms with Gasteiger partial charge in [-0.3, -0.25) is 10.1 Å². The maximum Gasteiger partial charge on any atom is 0.412 e. The van der Waals surface area contributed by atoms with Crippen LogP contribution < -0.4 is 5.32 Å². The van der Waals surface area contributed by atoms with Gasteiger partial charge in [0.25, 0.3) is 0 Å². The van der Waals surface area contributed by atoms with Gasteiger partial charge < -0.3 is 20.1 Å². The maximum absolute atomic E-state index is 11.6. The molecule has 0 saturated heterocycles. The number of ether oxygens (including phenoxy) is 1. The van der Waals surface area contributed by atoms with Crippen LogP contribution >= 0.6 is 0 Å². The van der Waals surface area contributed by atoms with E-state index in [0.717, 1.165) is 0 Å². The van der Waals surface area contributed by atoms with Gasteiger partial charge in [-0.2, -0.15) is 0 Å². The average Bonchev–Trinajstić information content (AvgIpc) is 2.28. The molecule has 0 radical (unpaired) electrons. The van der Waals surface area contributed by atoms with Crippen molar-refractivity contribution in [2.24, 2.45) is 0 Å². The number of rotatable bonds is 4. The highest BCUT2D eigenvalue weighted by Gasteiger charge is 2.19. The molecule has 1 aromatic rings. The monoisotopic (exact) mass is 297 g/mol. The first-order valence-corrected chi connectivity index (χ1v) is 6.31. The van der Waals surface area contributed by atoms with Gasteiger partial charge in [-0.1, -0.05) is 6.07 Å². The van der Waals surface area contributed by atoms with E-state index in [9.17, 15) is 19.8 Å². The van der Waals surface area contributed by atoms with Crippen molar-refractivity contribution in [2.75, 3.05) is 5.32 Å². The molecule has 0 fully saturated rings. The van der Waals surface area contributed by atoms with E-state index in [1.807, 2.05) is 0 Å². The lowest BCUT2D eigenvalue weighted by Crippen LogP contribution is -2.27. The Morgan fingerprint density at radius 2 is 1.95 bits per heavy atom. The number of phenols is 1. The van der Waals surface area contributed by atoms with Crippen molar-refractivity contribution < 1.29 is 29.6 Å². The smallest absolute Gasteiger partial charge is 0.412 e. The Kier molecular flexibility index (Phi) is 5.15. The summed E-state index contributed by atoms with van der Waals surface area (Å²) in [4.78, 5) is 22.2. The van der Waals surface area contributed by atoms with E-state index in [2.05, 4.69) is 5.32 Å². The normalized spacial score (nSPS) is 12.6. The molecule has 7 nitrogen and oxygen atoms in total. The number of amides is 1. The highest BCUT2D eigenvalue weighted by atomic mass is 16.6. The fourth-order valence-electron chi connectivity index (χ4n) is 1.56. The molecule has 0 aliphatic carbocycles. The van der Waals surface area contributed by atoms with E-state index < -0.39 is 30.2 Å². The number of aliphatic hydroxyl groups is 1. The van der Waals surface area contributed by atoms with Crippen molar-refractivity contribution in [3.63, 3.8) is 0 Å². The molecule has 0 aliphatic rings. The summed E-state index contributed by atoms with van der Waals surface area (Å²) in [7, 11) is 0. The minimum Gasteiger partial charge on any atom is -0.506 e. The second kappa shape index (κ2) is 6.45. The maximum atomic E-state index is 11.6. The topological polar surface area (TPSA) is 116 Å². The van der Waals surface area contributed by atoms with E-state index in [1.165, 1.54) is 18.2 Å². The van der Waals surface area contributed by atoms with Crippen molar-refractivity contribution in [3.8, 4) is 5.75 Å². The zero-order valence-electron chi connectivity index (χ0n) is 12.1. The number of anilines is 1. The van der Waals surface area contributed by atoms with Crippen LogP contribution in [0, 0.1) is 0 Å². The number of hydrogen-bond donors (Lipinski definition) is 4. The average molecular weight is 297 g/mol. The molecule has 1 rings (SSSR count). The van der Waals surface area contributed by atoms with Crippen LogP contribution in [0.5, 0.6) is 5.75 Å². The Hall–Kier alpha value is -2.28. The molecule has 1 aromatic carbocycles. The third-order valence-corrected chi connectivity index (χ3v) is 2.41. The number of phenolic OH excluding ortho intramolecular Hbond substituents is 1. The summed E-state index contributed by atoms with van der Waals surface area (Å²) in [6, 6.07) is 3.93. The van der Waals surface area contributed by atoms with Gasteiger partial charge in [0.05, 0.1) is 18.2 Å². The van der Waals surface area contributed by atoms with Gasteiger partial charge >= 0.3 is 12.1 Å². The number of benzene rings is 1. The summed E-state index contributed by atoms with van der Waals surface area (Å²) < 4.78 is 5.04. The second-order valence-electron chi connectivity index (χ2n) is 5.52.